The van der Waals surface area contributed by atoms with Crippen LogP contribution in [0.5, 0.6) is 0 Å². The maximum absolute atomic E-state index is 6.00. The summed E-state index contributed by atoms with van der Waals surface area (Å²) in [6, 6.07) is 0. The van der Waals surface area contributed by atoms with Crippen molar-refractivity contribution in [1.29, 1.82) is 5.53 Å². The fourth-order valence-electron chi connectivity index (χ4n) is 0.0333. The van der Waals surface area contributed by atoms with E-state index in [1.54, 1.807) is 0 Å². The molecule has 0 saturated heterocycles. The second kappa shape index (κ2) is 20.1. The van der Waals surface area contributed by atoms with Crippen molar-refractivity contribution in [1.82, 2.24) is 0 Å². The number of nitrogens with two attached hydrogens (primary N) is 3. The Morgan fingerprint density at radius 1 is 1.43 bits per heavy atom. The van der Waals surface area contributed by atoms with E-state index in [-0.39, 0.29) is 0 Å². The first kappa shape index (κ1) is 9.37. The molecule has 7 heavy (non-hydrogen) atoms. The Morgan fingerprint density at radius 2 is 1.86 bits per heavy atom. The van der Waals surface area contributed by atoms with Crippen molar-refractivity contribution in [2.24, 2.45) is 27.7 Å². The van der Waals surface area contributed by atoms with Gasteiger partial charge in [-0.1, -0.05) is 0 Å². The molecule has 42 valence electrons. The van der Waals surface area contributed by atoms with E-state index in [4.69, 9.17) is 5.53 Å². The van der Waals surface area contributed by atoms with Crippen LogP contribution in [0.3, 0.4) is 0 Å². The van der Waals surface area contributed by atoms with Gasteiger partial charge in [0.25, 0.3) is 0 Å². The lowest BCUT2D eigenvalue weighted by Gasteiger charge is -1.58. The van der Waals surface area contributed by atoms with E-state index in [2.05, 4.69) is 27.7 Å². The molecule has 0 fully saturated rings. The number of rotatable bonds is 1. The van der Waals surface area contributed by atoms with Gasteiger partial charge in [0.2, 0.25) is 0 Å². The summed E-state index contributed by atoms with van der Waals surface area (Å²) in [6.07, 6.45) is 0.944. The van der Waals surface area contributed by atoms with Crippen LogP contribution < -0.4 is 17.5 Å². The van der Waals surface area contributed by atoms with E-state index in [9.17, 15) is 0 Å². The Bertz CT molecular complexity index is 46.1. The van der Waals surface area contributed by atoms with Crippen LogP contribution in [-0.4, -0.2) is 6.34 Å². The normalized spacial score (nSPS) is 7.14. The Kier molecular flexibility index (Phi) is 26.8. The molecule has 0 aliphatic rings. The molecule has 0 aromatic carbocycles. The zero-order valence-electron chi connectivity index (χ0n) is 3.70. The number of nitrogens with zero attached hydrogens (tertiary/aromatic N) is 2. The van der Waals surface area contributed by atoms with Crippen molar-refractivity contribution in [3.8, 4) is 0 Å². The zero-order valence-corrected chi connectivity index (χ0v) is 3.70. The largest absolute Gasteiger partial charge is 0.322 e. The van der Waals surface area contributed by atoms with E-state index in [1.807, 2.05) is 0 Å². The number of hydrogen-bond donors (Lipinski definition) is 4. The Balaban J connectivity index is 0. The first-order valence-corrected chi connectivity index (χ1v) is 1.33. The van der Waals surface area contributed by atoms with E-state index < -0.39 is 0 Å². The smallest absolute Gasteiger partial charge is 0.156 e. The fourth-order valence-corrected chi connectivity index (χ4v) is 0.0333. The molecule has 0 amide bonds. The molecule has 0 aliphatic carbocycles. The van der Waals surface area contributed by atoms with Crippen LogP contribution in [0.25, 0.3) is 0 Å². The van der Waals surface area contributed by atoms with Crippen molar-refractivity contribution < 1.29 is 0 Å². The van der Waals surface area contributed by atoms with Gasteiger partial charge in [-0.05, 0) is 0 Å². The van der Waals surface area contributed by atoms with Gasteiger partial charge in [-0.15, -0.1) is 5.11 Å². The molecular formula is CH8N6. The zero-order chi connectivity index (χ0) is 6.12. The standard InChI is InChI=1S/CH4N4.H4N2/c2-4-1-5-3;1-2/h1-2H,3H2;1-2H2. The Hall–Kier alpha value is -1.01. The monoisotopic (exact) mass is 104 g/mol. The number of hydrazone groups is 1. The minimum Gasteiger partial charge on any atom is -0.322 e. The second-order valence-electron chi connectivity index (χ2n) is 0.394. The topological polar surface area (TPSA) is 127 Å². The van der Waals surface area contributed by atoms with Gasteiger partial charge in [0.1, 0.15) is 0 Å². The molecule has 0 aliphatic heterocycles. The summed E-state index contributed by atoms with van der Waals surface area (Å²) in [5.74, 6) is 12.5. The van der Waals surface area contributed by atoms with Crippen molar-refractivity contribution in [2.75, 3.05) is 0 Å². The van der Waals surface area contributed by atoms with Crippen LogP contribution in [0.1, 0.15) is 0 Å². The van der Waals surface area contributed by atoms with Crippen molar-refractivity contribution in [3.05, 3.63) is 0 Å². The predicted molar refractivity (Wildman–Crippen MR) is 26.2 cm³/mol. The summed E-state index contributed by atoms with van der Waals surface area (Å²) in [4.78, 5) is 0. The molecule has 0 spiro atoms. The molecule has 0 aromatic heterocycles. The summed E-state index contributed by atoms with van der Waals surface area (Å²) in [6.45, 7) is 0. The summed E-state index contributed by atoms with van der Waals surface area (Å²) < 4.78 is 0. The molecule has 0 bridgehead atoms. The van der Waals surface area contributed by atoms with Gasteiger partial charge in [0.05, 0.1) is 0 Å². The summed E-state index contributed by atoms with van der Waals surface area (Å²) >= 11 is 0. The van der Waals surface area contributed by atoms with Gasteiger partial charge in [-0.3, -0.25) is 11.7 Å². The van der Waals surface area contributed by atoms with Gasteiger partial charge in [-0.25, -0.2) is 5.53 Å². The highest BCUT2D eigenvalue weighted by Gasteiger charge is 1.43. The summed E-state index contributed by atoms with van der Waals surface area (Å²) in [7, 11) is 0. The van der Waals surface area contributed by atoms with Gasteiger partial charge in [0.15, 0.2) is 6.34 Å². The maximum atomic E-state index is 6.00. The lowest BCUT2D eigenvalue weighted by atomic mass is 11.4. The number of hydrogen-bond acceptors (Lipinski definition) is 5. The SMILES string of the molecule is N=NC=NN.NN. The highest BCUT2D eigenvalue weighted by Crippen LogP contribution is 1.44. The molecular weight excluding hydrogens is 96.1 g/mol. The summed E-state index contributed by atoms with van der Waals surface area (Å²) in [5, 5.41) is 5.56. The number of nitrogens with one attached hydrogen (secondary N) is 1. The Morgan fingerprint density at radius 3 is 1.86 bits per heavy atom. The van der Waals surface area contributed by atoms with Crippen molar-refractivity contribution >= 4 is 6.34 Å². The average Bonchev–Trinajstić information content (AvgIpc) is 1.75. The van der Waals surface area contributed by atoms with Crippen LogP contribution >= 0.6 is 0 Å². The van der Waals surface area contributed by atoms with E-state index in [1.165, 1.54) is 0 Å². The van der Waals surface area contributed by atoms with E-state index >= 15 is 0 Å². The average molecular weight is 104 g/mol. The van der Waals surface area contributed by atoms with Crippen LogP contribution in [0.4, 0.5) is 0 Å². The van der Waals surface area contributed by atoms with Crippen molar-refractivity contribution in [3.63, 3.8) is 0 Å². The quantitative estimate of drug-likeness (QED) is 0.109. The van der Waals surface area contributed by atoms with Crippen LogP contribution in [0, 0.1) is 5.53 Å². The molecule has 0 atom stereocenters. The third-order valence-corrected chi connectivity index (χ3v) is 0.124. The van der Waals surface area contributed by atoms with Crippen LogP contribution in [0.15, 0.2) is 10.2 Å². The highest BCUT2D eigenvalue weighted by molar-refractivity contribution is 5.52. The van der Waals surface area contributed by atoms with Gasteiger partial charge < -0.3 is 5.84 Å². The minimum atomic E-state index is 0.944. The third-order valence-electron chi connectivity index (χ3n) is 0.124. The molecule has 0 heterocycles. The molecule has 0 rings (SSSR count). The molecule has 0 aromatic rings. The lowest BCUT2D eigenvalue weighted by Crippen LogP contribution is -2.02. The minimum absolute atomic E-state index is 0.944. The molecule has 0 saturated carbocycles. The fraction of sp³-hybridized carbons (Fsp3) is 0. The highest BCUT2D eigenvalue weighted by atomic mass is 15.2. The molecule has 6 nitrogen and oxygen atoms in total. The molecule has 6 heteroatoms. The summed E-state index contributed by atoms with van der Waals surface area (Å²) in [5.41, 5.74) is 6.00. The third kappa shape index (κ3) is 45.5. The lowest BCUT2D eigenvalue weighted by molar-refractivity contribution is 1.17. The molecule has 0 radical (unpaired) electrons. The van der Waals surface area contributed by atoms with E-state index in [0.29, 0.717) is 0 Å². The second-order valence-corrected chi connectivity index (χ2v) is 0.394. The van der Waals surface area contributed by atoms with Crippen LogP contribution in [-0.2, 0) is 0 Å². The number of hydrazine groups is 1. The molecule has 0 unspecified atom stereocenters. The first-order valence-electron chi connectivity index (χ1n) is 1.33. The molecule has 7 N–H and O–H groups in total. The van der Waals surface area contributed by atoms with Crippen LogP contribution in [0.2, 0.25) is 0 Å². The Labute approximate surface area is 40.8 Å². The maximum Gasteiger partial charge on any atom is 0.156 e. The van der Waals surface area contributed by atoms with Gasteiger partial charge in [0, 0.05) is 0 Å². The predicted octanol–water partition coefficient (Wildman–Crippen LogP) is -1.26. The van der Waals surface area contributed by atoms with Gasteiger partial charge >= 0.3 is 0 Å². The van der Waals surface area contributed by atoms with Gasteiger partial charge in [-0.2, -0.15) is 5.10 Å². The van der Waals surface area contributed by atoms with E-state index in [0.717, 1.165) is 6.34 Å². The van der Waals surface area contributed by atoms with Crippen molar-refractivity contribution in [2.45, 2.75) is 0 Å². The first-order chi connectivity index (χ1) is 3.41.